The number of hydrogen-bond donors (Lipinski definition) is 7. The summed E-state index contributed by atoms with van der Waals surface area (Å²) in [5.74, 6) is 0. The van der Waals surface area contributed by atoms with Crippen LogP contribution in [-0.4, -0.2) is 64.3 Å². The van der Waals surface area contributed by atoms with Crippen LogP contribution in [0.4, 0.5) is 0 Å². The van der Waals surface area contributed by atoms with Crippen LogP contribution < -0.4 is 11.2 Å². The molecule has 29 heavy (non-hydrogen) atoms. The van der Waals surface area contributed by atoms with E-state index in [1.54, 1.807) is 0 Å². The Morgan fingerprint density at radius 2 is 1.69 bits per heavy atom. The largest absolute Gasteiger partial charge is 0.387 e. The lowest BCUT2D eigenvalue weighted by Crippen LogP contribution is -2.37. The fourth-order valence-electron chi connectivity index (χ4n) is 2.20. The monoisotopic (exact) mass is 532 g/mol. The number of ether oxygens (including phenoxy) is 1. The molecule has 0 amide bonds. The van der Waals surface area contributed by atoms with Crippen LogP contribution in [0.2, 0.25) is 0 Å². The number of rotatable bonds is 8. The van der Waals surface area contributed by atoms with Crippen LogP contribution in [0.15, 0.2) is 21.9 Å². The standard InChI is InChI=1S/C9H15N2O12P3S3/c12-5-1-2-11(9(15)10-5)8-7(14)6(13)4(21-8)3-20-25(18,28)23-26(19,29)22-24(16,17)27/h1-2,4,6-8,13-14H,3H2,(H,18,28)(H,19,29)(H,10,12,15)(H2,16,17,27)/t4-,6-,7-,8-,25?,26?/m1/s1. The Labute approximate surface area is 177 Å². The lowest BCUT2D eigenvalue weighted by atomic mass is 10.1. The molecule has 2 rings (SSSR count). The summed E-state index contributed by atoms with van der Waals surface area (Å²) in [6.45, 7) is -13.9. The SMILES string of the molecule is O=c1ccn([C@@H]2O[C@H](COP(O)(=S)OP(O)(=S)OP(O)(O)=S)[C@@H](O)[C@H]2O)c(=O)[nH]1. The second kappa shape index (κ2) is 9.38. The molecule has 0 aromatic carbocycles. The summed E-state index contributed by atoms with van der Waals surface area (Å²) >= 11 is 13.2. The Balaban J connectivity index is 2.06. The van der Waals surface area contributed by atoms with E-state index in [0.717, 1.165) is 16.8 Å². The molecular weight excluding hydrogens is 517 g/mol. The summed E-state index contributed by atoms with van der Waals surface area (Å²) in [6.07, 6.45) is -4.92. The minimum Gasteiger partial charge on any atom is -0.387 e. The highest BCUT2D eigenvalue weighted by molar-refractivity contribution is 8.17. The van der Waals surface area contributed by atoms with E-state index in [-0.39, 0.29) is 0 Å². The Bertz CT molecular complexity index is 1010. The van der Waals surface area contributed by atoms with Gasteiger partial charge in [-0.3, -0.25) is 14.3 Å². The van der Waals surface area contributed by atoms with Gasteiger partial charge in [-0.15, -0.1) is 0 Å². The molecule has 1 aliphatic rings. The highest BCUT2D eigenvalue weighted by Gasteiger charge is 2.45. The number of nitrogens with one attached hydrogen (secondary N) is 1. The van der Waals surface area contributed by atoms with E-state index in [0.29, 0.717) is 0 Å². The molecule has 166 valence electrons. The van der Waals surface area contributed by atoms with Crippen LogP contribution in [0.1, 0.15) is 6.23 Å². The Morgan fingerprint density at radius 3 is 2.24 bits per heavy atom. The van der Waals surface area contributed by atoms with Crippen molar-refractivity contribution in [1.29, 1.82) is 0 Å². The molecule has 0 radical (unpaired) electrons. The molecule has 2 unspecified atom stereocenters. The molecule has 1 saturated heterocycles. The number of aromatic nitrogens is 2. The van der Waals surface area contributed by atoms with Crippen molar-refractivity contribution in [3.8, 4) is 0 Å². The molecular formula is C9H15N2O12P3S3. The number of hydrogen-bond acceptors (Lipinski definition) is 11. The third-order valence-electron chi connectivity index (χ3n) is 3.28. The zero-order chi connectivity index (χ0) is 22.2. The van der Waals surface area contributed by atoms with Crippen molar-refractivity contribution in [2.45, 2.75) is 24.5 Å². The fraction of sp³-hybridized carbons (Fsp3) is 0.556. The quantitative estimate of drug-likeness (QED) is 0.178. The maximum Gasteiger partial charge on any atom is 0.339 e. The van der Waals surface area contributed by atoms with Gasteiger partial charge in [0.2, 0.25) is 0 Å². The molecule has 2 heterocycles. The van der Waals surface area contributed by atoms with Crippen LogP contribution in [0, 0.1) is 0 Å². The molecule has 0 bridgehead atoms. The zero-order valence-electron chi connectivity index (χ0n) is 13.8. The highest BCUT2D eigenvalue weighted by Crippen LogP contribution is 2.66. The number of aliphatic hydroxyl groups excluding tert-OH is 2. The molecule has 6 atom stereocenters. The first-order valence-corrected chi connectivity index (χ1v) is 15.0. The van der Waals surface area contributed by atoms with E-state index >= 15 is 0 Å². The molecule has 7 N–H and O–H groups in total. The lowest BCUT2D eigenvalue weighted by molar-refractivity contribution is -0.0526. The average molecular weight is 532 g/mol. The number of H-pyrrole nitrogens is 1. The third kappa shape index (κ3) is 7.40. The van der Waals surface area contributed by atoms with E-state index < -0.39 is 62.6 Å². The second-order valence-electron chi connectivity index (χ2n) is 5.45. The minimum absolute atomic E-state index is 0.685. The summed E-state index contributed by atoms with van der Waals surface area (Å²) in [5.41, 5.74) is -1.59. The van der Waals surface area contributed by atoms with Crippen LogP contribution in [0.5, 0.6) is 0 Å². The van der Waals surface area contributed by atoms with Gasteiger partial charge in [-0.05, 0) is 35.4 Å². The Kier molecular flexibility index (Phi) is 8.25. The Hall–Kier alpha value is 0.230. The first kappa shape index (κ1) is 25.5. The zero-order valence-corrected chi connectivity index (χ0v) is 19.0. The number of nitrogens with zero attached hydrogens (tertiary/aromatic N) is 1. The van der Waals surface area contributed by atoms with Gasteiger partial charge in [-0.1, -0.05) is 0 Å². The average Bonchev–Trinajstić information content (AvgIpc) is 2.78. The number of aromatic amines is 1. The normalized spacial score (nSPS) is 29.3. The van der Waals surface area contributed by atoms with Crippen molar-refractivity contribution in [3.05, 3.63) is 33.1 Å². The van der Waals surface area contributed by atoms with Crippen molar-refractivity contribution >= 4 is 55.6 Å². The van der Waals surface area contributed by atoms with E-state index in [1.807, 2.05) is 4.98 Å². The predicted molar refractivity (Wildman–Crippen MR) is 107 cm³/mol. The summed E-state index contributed by atoms with van der Waals surface area (Å²) in [7, 11) is 0. The second-order valence-corrected chi connectivity index (χ2v) is 14.1. The van der Waals surface area contributed by atoms with Crippen molar-refractivity contribution in [2.24, 2.45) is 0 Å². The van der Waals surface area contributed by atoms with Gasteiger partial charge in [0.25, 0.3) is 5.56 Å². The molecule has 1 fully saturated rings. The van der Waals surface area contributed by atoms with Crippen molar-refractivity contribution in [2.75, 3.05) is 6.61 Å². The lowest BCUT2D eigenvalue weighted by Gasteiger charge is -2.24. The summed E-state index contributed by atoms with van der Waals surface area (Å²) < 4.78 is 19.7. The predicted octanol–water partition coefficient (Wildman–Crippen LogP) is -2.15. The summed E-state index contributed by atoms with van der Waals surface area (Å²) in [5, 5.41) is 20.2. The molecule has 0 saturated carbocycles. The maximum absolute atomic E-state index is 11.8. The van der Waals surface area contributed by atoms with Crippen molar-refractivity contribution in [1.82, 2.24) is 9.55 Å². The van der Waals surface area contributed by atoms with Gasteiger partial charge < -0.3 is 39.0 Å². The van der Waals surface area contributed by atoms with Crippen molar-refractivity contribution in [3.63, 3.8) is 0 Å². The summed E-state index contributed by atoms with van der Waals surface area (Å²) in [6, 6.07) is 0.993. The van der Waals surface area contributed by atoms with Gasteiger partial charge >= 0.3 is 25.8 Å². The molecule has 0 aliphatic carbocycles. The first-order chi connectivity index (χ1) is 13.1. The minimum atomic E-state index is -4.48. The van der Waals surface area contributed by atoms with E-state index in [1.165, 1.54) is 0 Å². The topological polar surface area (TPSA) is 213 Å². The highest BCUT2D eigenvalue weighted by atomic mass is 32.5. The molecule has 14 nitrogen and oxygen atoms in total. The van der Waals surface area contributed by atoms with Gasteiger partial charge in [0.15, 0.2) is 6.23 Å². The van der Waals surface area contributed by atoms with Crippen LogP contribution in [0.25, 0.3) is 0 Å². The molecule has 0 spiro atoms. The van der Waals surface area contributed by atoms with Crippen LogP contribution in [0.3, 0.4) is 0 Å². The number of aliphatic hydroxyl groups is 2. The van der Waals surface area contributed by atoms with Crippen molar-refractivity contribution < 1.29 is 47.7 Å². The van der Waals surface area contributed by atoms with Gasteiger partial charge in [0, 0.05) is 12.3 Å². The van der Waals surface area contributed by atoms with Gasteiger partial charge in [-0.25, -0.2) is 13.4 Å². The van der Waals surface area contributed by atoms with E-state index in [9.17, 15) is 29.6 Å². The van der Waals surface area contributed by atoms with E-state index in [2.05, 4.69) is 44.0 Å². The smallest absolute Gasteiger partial charge is 0.339 e. The summed E-state index contributed by atoms with van der Waals surface area (Å²) in [4.78, 5) is 62.5. The third-order valence-corrected chi connectivity index (χ3v) is 9.80. The molecule has 1 aromatic heterocycles. The first-order valence-electron chi connectivity index (χ1n) is 7.22. The Morgan fingerprint density at radius 1 is 1.07 bits per heavy atom. The molecule has 1 aromatic rings. The molecule has 1 aliphatic heterocycles. The fourth-order valence-corrected chi connectivity index (χ4v) is 9.44. The maximum atomic E-state index is 11.8. The van der Waals surface area contributed by atoms with E-state index in [4.69, 9.17) is 19.0 Å². The van der Waals surface area contributed by atoms with Crippen LogP contribution in [-0.2, 0) is 53.3 Å². The molecule has 20 heteroatoms. The van der Waals surface area contributed by atoms with Gasteiger partial charge in [0.05, 0.1) is 6.61 Å². The van der Waals surface area contributed by atoms with Gasteiger partial charge in [-0.2, -0.15) is 0 Å². The van der Waals surface area contributed by atoms with Gasteiger partial charge in [0.1, 0.15) is 18.3 Å². The van der Waals surface area contributed by atoms with Crippen LogP contribution >= 0.6 is 20.2 Å².